The Labute approximate surface area is 507 Å². The molecule has 0 saturated heterocycles. The molecular formula is C85H62O2. The van der Waals surface area contributed by atoms with Gasteiger partial charge in [0.1, 0.15) is 22.3 Å². The summed E-state index contributed by atoms with van der Waals surface area (Å²) in [6, 6.07) is 86.5. The standard InChI is InChI=1S/C85H62O2/c1-83(2)69-36-37-77-80(64-24-14-16-26-75(64)86-77)79(69)68-48-72-67(47-73(68)83)62-35-32-54(45-71(62)84(72,3)4)57(38-49-28-33-61-59(40-49)44-58(51-18-8-7-9-19-51)43-55-22-12-13-23-60(55)61)39-50-29-34-63-70(41-50)85(5,6)74-46-66(56-31-30-52-20-10-11-21-53(52)42-56)82-81(78(63)74)65-25-15-17-27-76(65)87-82/h7-38,40-43,45-48H,39,44H2,1-6H3/b57-38-. The van der Waals surface area contributed by atoms with E-state index in [-0.39, 0.29) is 16.2 Å². The molecule has 0 spiro atoms. The van der Waals surface area contributed by atoms with Crippen molar-refractivity contribution in [3.05, 3.63) is 297 Å². The molecule has 2 heteroatoms. The van der Waals surface area contributed by atoms with E-state index in [0.29, 0.717) is 0 Å². The summed E-state index contributed by atoms with van der Waals surface area (Å²) in [6.45, 7) is 14.6. The fourth-order valence-electron chi connectivity index (χ4n) is 16.2. The van der Waals surface area contributed by atoms with E-state index in [4.69, 9.17) is 8.83 Å². The molecule has 4 aliphatic carbocycles. The van der Waals surface area contributed by atoms with Crippen molar-refractivity contribution in [2.24, 2.45) is 0 Å². The molecule has 0 unspecified atom stereocenters. The molecule has 0 aliphatic heterocycles. The Morgan fingerprint density at radius 3 is 1.90 bits per heavy atom. The predicted molar refractivity (Wildman–Crippen MR) is 365 cm³/mol. The van der Waals surface area contributed by atoms with Crippen LogP contribution in [-0.2, 0) is 29.1 Å². The second-order valence-electron chi connectivity index (χ2n) is 26.7. The summed E-state index contributed by atoms with van der Waals surface area (Å²) < 4.78 is 13.5. The van der Waals surface area contributed by atoms with Gasteiger partial charge in [0.2, 0.25) is 0 Å². The average molecular weight is 1120 g/mol. The van der Waals surface area contributed by atoms with Crippen molar-refractivity contribution < 1.29 is 8.83 Å². The van der Waals surface area contributed by atoms with Gasteiger partial charge in [-0.25, -0.2) is 0 Å². The minimum Gasteiger partial charge on any atom is -0.456 e. The Balaban J connectivity index is 0.788. The topological polar surface area (TPSA) is 26.3 Å². The number of hydrogen-bond acceptors (Lipinski definition) is 2. The van der Waals surface area contributed by atoms with E-state index in [0.717, 1.165) is 46.1 Å². The lowest BCUT2D eigenvalue weighted by molar-refractivity contribution is 0.650. The Bertz CT molecular complexity index is 5410. The van der Waals surface area contributed by atoms with Crippen LogP contribution in [0.2, 0.25) is 0 Å². The lowest BCUT2D eigenvalue weighted by atomic mass is 9.79. The highest BCUT2D eigenvalue weighted by atomic mass is 16.3. The summed E-state index contributed by atoms with van der Waals surface area (Å²) in [6.07, 6.45) is 6.49. The van der Waals surface area contributed by atoms with Gasteiger partial charge in [0, 0.05) is 43.4 Å². The van der Waals surface area contributed by atoms with Crippen LogP contribution in [0.15, 0.2) is 239 Å². The van der Waals surface area contributed by atoms with Crippen LogP contribution >= 0.6 is 0 Å². The summed E-state index contributed by atoms with van der Waals surface area (Å²) in [7, 11) is 0. The highest BCUT2D eigenvalue weighted by Gasteiger charge is 2.44. The Kier molecular flexibility index (Phi) is 10.4. The molecule has 4 aliphatic rings. The molecule has 0 saturated carbocycles. The normalized spacial score (nSPS) is 15.4. The zero-order valence-corrected chi connectivity index (χ0v) is 49.8. The second kappa shape index (κ2) is 18.0. The van der Waals surface area contributed by atoms with E-state index >= 15 is 0 Å². The van der Waals surface area contributed by atoms with Gasteiger partial charge in [-0.3, -0.25) is 0 Å². The maximum atomic E-state index is 6.95. The van der Waals surface area contributed by atoms with Crippen molar-refractivity contribution in [1.29, 1.82) is 0 Å². The fraction of sp³-hybridized carbons (Fsp3) is 0.129. The largest absolute Gasteiger partial charge is 0.456 e. The monoisotopic (exact) mass is 1110 g/mol. The number of furan rings is 2. The van der Waals surface area contributed by atoms with Crippen LogP contribution in [0.25, 0.3) is 134 Å². The van der Waals surface area contributed by atoms with Gasteiger partial charge < -0.3 is 8.83 Å². The smallest absolute Gasteiger partial charge is 0.143 e. The Morgan fingerprint density at radius 2 is 1.05 bits per heavy atom. The molecule has 0 fully saturated rings. The van der Waals surface area contributed by atoms with Gasteiger partial charge in [-0.15, -0.1) is 0 Å². The van der Waals surface area contributed by atoms with Gasteiger partial charge in [-0.05, 0) is 200 Å². The SMILES string of the molecule is CC1(C)c2cc(/C(=C\c3ccc4c(c3)CC(c3ccccc3)=Cc3ccccc3-4)Cc3ccc4c(c3)C(C)(C)c3cc(-c5ccc6ccccc6c5)c5oc6ccccc6c5c3-4)ccc2-c2cc3c(cc21)-c1c(ccc2oc4ccccc4c12)C3(C)C. The Morgan fingerprint density at radius 1 is 0.402 bits per heavy atom. The van der Waals surface area contributed by atoms with E-state index in [9.17, 15) is 0 Å². The first-order valence-electron chi connectivity index (χ1n) is 31.0. The van der Waals surface area contributed by atoms with Crippen molar-refractivity contribution in [2.45, 2.75) is 70.6 Å². The number of allylic oxidation sites excluding steroid dienone is 2. The molecule has 2 heterocycles. The van der Waals surface area contributed by atoms with Crippen molar-refractivity contribution in [1.82, 2.24) is 0 Å². The lowest BCUT2D eigenvalue weighted by Gasteiger charge is -2.24. The first kappa shape index (κ1) is 50.3. The van der Waals surface area contributed by atoms with E-state index in [2.05, 4.69) is 284 Å². The maximum absolute atomic E-state index is 6.95. The molecule has 0 N–H and O–H groups in total. The molecule has 0 radical (unpaired) electrons. The molecule has 2 nitrogen and oxygen atoms in total. The highest BCUT2D eigenvalue weighted by molar-refractivity contribution is 6.19. The molecule has 0 atom stereocenters. The number of rotatable bonds is 6. The van der Waals surface area contributed by atoms with E-state index in [1.807, 2.05) is 0 Å². The molecule has 0 bridgehead atoms. The summed E-state index contributed by atoms with van der Waals surface area (Å²) >= 11 is 0. The zero-order chi connectivity index (χ0) is 58.2. The van der Waals surface area contributed by atoms with E-state index in [1.165, 1.54) is 155 Å². The molecular weight excluding hydrogens is 1050 g/mol. The molecule has 0 amide bonds. The van der Waals surface area contributed by atoms with Gasteiger partial charge in [0.15, 0.2) is 0 Å². The van der Waals surface area contributed by atoms with Crippen LogP contribution in [0.3, 0.4) is 0 Å². The molecule has 2 aromatic heterocycles. The van der Waals surface area contributed by atoms with Crippen molar-refractivity contribution in [3.8, 4) is 55.6 Å². The second-order valence-corrected chi connectivity index (χ2v) is 26.7. The van der Waals surface area contributed by atoms with Gasteiger partial charge >= 0.3 is 0 Å². The van der Waals surface area contributed by atoms with Crippen LogP contribution in [0, 0.1) is 0 Å². The molecule has 18 rings (SSSR count). The molecule has 87 heavy (non-hydrogen) atoms. The Hall–Kier alpha value is -10.0. The number of benzene rings is 12. The number of fused-ring (bicyclic) bond motifs is 21. The summed E-state index contributed by atoms with van der Waals surface area (Å²) in [5.74, 6) is 0. The quantitative estimate of drug-likeness (QED) is 0.155. The van der Waals surface area contributed by atoms with E-state index < -0.39 is 0 Å². The average Bonchev–Trinajstić information content (AvgIpc) is 1.59. The van der Waals surface area contributed by atoms with Gasteiger partial charge in [0.05, 0.1) is 0 Å². The molecule has 414 valence electrons. The maximum Gasteiger partial charge on any atom is 0.143 e. The van der Waals surface area contributed by atoms with Gasteiger partial charge in [-0.1, -0.05) is 236 Å². The van der Waals surface area contributed by atoms with Crippen LogP contribution in [-0.4, -0.2) is 0 Å². The summed E-state index contributed by atoms with van der Waals surface area (Å²) in [4.78, 5) is 0. The summed E-state index contributed by atoms with van der Waals surface area (Å²) in [5.41, 5.74) is 34.2. The zero-order valence-electron chi connectivity index (χ0n) is 49.8. The number of para-hydroxylation sites is 2. The first-order chi connectivity index (χ1) is 42.3. The van der Waals surface area contributed by atoms with Crippen LogP contribution in [0.4, 0.5) is 0 Å². The van der Waals surface area contributed by atoms with Gasteiger partial charge in [0.25, 0.3) is 0 Å². The predicted octanol–water partition coefficient (Wildman–Crippen LogP) is 22.8. The molecule has 14 aromatic rings. The molecule has 12 aromatic carbocycles. The van der Waals surface area contributed by atoms with Crippen molar-refractivity contribution in [3.63, 3.8) is 0 Å². The lowest BCUT2D eigenvalue weighted by Crippen LogP contribution is -2.17. The van der Waals surface area contributed by atoms with Crippen molar-refractivity contribution in [2.75, 3.05) is 0 Å². The third-order valence-electron chi connectivity index (χ3n) is 20.7. The van der Waals surface area contributed by atoms with Crippen molar-refractivity contribution >= 4 is 77.9 Å². The minimum atomic E-state index is -0.296. The third kappa shape index (κ3) is 7.28. The highest BCUT2D eigenvalue weighted by Crippen LogP contribution is 2.60. The third-order valence-corrected chi connectivity index (χ3v) is 20.7. The number of hydrogen-bond donors (Lipinski definition) is 0. The summed E-state index contributed by atoms with van der Waals surface area (Å²) in [5, 5.41) is 7.22. The van der Waals surface area contributed by atoms with Crippen LogP contribution in [0.1, 0.15) is 108 Å². The van der Waals surface area contributed by atoms with Crippen LogP contribution in [0.5, 0.6) is 0 Å². The first-order valence-corrected chi connectivity index (χ1v) is 31.0. The van der Waals surface area contributed by atoms with E-state index in [1.54, 1.807) is 0 Å². The fourth-order valence-corrected chi connectivity index (χ4v) is 16.2. The minimum absolute atomic E-state index is 0.188. The van der Waals surface area contributed by atoms with Crippen LogP contribution < -0.4 is 0 Å². The van der Waals surface area contributed by atoms with Gasteiger partial charge in [-0.2, -0.15) is 0 Å².